The van der Waals surface area contributed by atoms with Crippen molar-refractivity contribution >= 4 is 62.8 Å². The second-order valence-electron chi connectivity index (χ2n) is 7.39. The Morgan fingerprint density at radius 1 is 1.11 bits per heavy atom. The van der Waals surface area contributed by atoms with Crippen LogP contribution < -0.4 is 19.7 Å². The van der Waals surface area contributed by atoms with E-state index >= 15 is 0 Å². The van der Waals surface area contributed by atoms with Crippen LogP contribution in [0, 0.1) is 0 Å². The number of methoxy groups -OCH3 is 2. The van der Waals surface area contributed by atoms with E-state index in [0.29, 0.717) is 28.5 Å². The van der Waals surface area contributed by atoms with Crippen LogP contribution >= 0.6 is 28.1 Å². The number of nitrogens with zero attached hydrogens (tertiary/aromatic N) is 1. The molecule has 0 unspecified atom stereocenters. The molecule has 11 heteroatoms. The maximum Gasteiger partial charge on any atom is 0.373 e. The van der Waals surface area contributed by atoms with Crippen LogP contribution in [0.3, 0.4) is 0 Å². The van der Waals surface area contributed by atoms with Gasteiger partial charge in [0.15, 0.2) is 16.6 Å². The van der Waals surface area contributed by atoms with Gasteiger partial charge in [-0.2, -0.15) is 0 Å². The van der Waals surface area contributed by atoms with Crippen molar-refractivity contribution in [2.75, 3.05) is 19.1 Å². The molecule has 1 aliphatic rings. The third-order valence-electron chi connectivity index (χ3n) is 5.08. The van der Waals surface area contributed by atoms with Crippen molar-refractivity contribution in [3.05, 3.63) is 81.7 Å². The van der Waals surface area contributed by atoms with E-state index in [1.807, 2.05) is 6.07 Å². The number of ether oxygens (including phenoxy) is 3. The number of esters is 1. The molecule has 184 valence electrons. The average molecular weight is 571 g/mol. The Balaban J connectivity index is 1.56. The van der Waals surface area contributed by atoms with Gasteiger partial charge < -0.3 is 18.6 Å². The first-order chi connectivity index (χ1) is 17.3. The molecule has 1 fully saturated rings. The van der Waals surface area contributed by atoms with Crippen LogP contribution in [0.2, 0.25) is 0 Å². The minimum absolute atomic E-state index is 0.00476. The zero-order chi connectivity index (χ0) is 25.8. The first-order valence-electron chi connectivity index (χ1n) is 10.5. The Hall–Kier alpha value is -3.96. The summed E-state index contributed by atoms with van der Waals surface area (Å²) in [6, 6.07) is 15.0. The largest absolute Gasteiger partial charge is 0.493 e. The fourth-order valence-corrected chi connectivity index (χ4v) is 4.05. The van der Waals surface area contributed by atoms with Crippen LogP contribution in [0.5, 0.6) is 11.5 Å². The number of hydrogen-bond donors (Lipinski definition) is 1. The molecule has 1 aliphatic heterocycles. The van der Waals surface area contributed by atoms with E-state index in [2.05, 4.69) is 26.0 Å². The Kier molecular flexibility index (Phi) is 7.51. The first-order valence-corrected chi connectivity index (χ1v) is 11.7. The molecule has 0 radical (unpaired) electrons. The van der Waals surface area contributed by atoms with Gasteiger partial charge in [-0.1, -0.05) is 28.1 Å². The van der Waals surface area contributed by atoms with Crippen molar-refractivity contribution in [1.82, 2.24) is 5.32 Å². The fraction of sp³-hybridized carbons (Fsp3) is 0.120. The lowest BCUT2D eigenvalue weighted by Crippen LogP contribution is -2.54. The zero-order valence-electron chi connectivity index (χ0n) is 19.1. The normalized spacial score (nSPS) is 14.6. The number of carbonyl (C=O) groups is 3. The van der Waals surface area contributed by atoms with Crippen molar-refractivity contribution in [3.8, 4) is 11.5 Å². The molecule has 1 aromatic heterocycles. The summed E-state index contributed by atoms with van der Waals surface area (Å²) in [6.07, 6.45) is 1.45. The number of amides is 2. The summed E-state index contributed by atoms with van der Waals surface area (Å²) in [5, 5.41) is 2.55. The predicted molar refractivity (Wildman–Crippen MR) is 138 cm³/mol. The fourth-order valence-electron chi connectivity index (χ4n) is 3.38. The van der Waals surface area contributed by atoms with Crippen molar-refractivity contribution in [1.29, 1.82) is 0 Å². The number of nitrogens with one attached hydrogen (secondary N) is 1. The van der Waals surface area contributed by atoms with Gasteiger partial charge in [0, 0.05) is 4.47 Å². The van der Waals surface area contributed by atoms with E-state index in [-0.39, 0.29) is 23.1 Å². The number of benzene rings is 2. The monoisotopic (exact) mass is 570 g/mol. The van der Waals surface area contributed by atoms with Crippen LogP contribution in [0.4, 0.5) is 5.69 Å². The SMILES string of the molecule is COC(=O)c1ccc(COc2ccc(C=C3C(=O)NC(=S)N(c4cccc(Br)c4)C3=O)cc2OC)o1. The van der Waals surface area contributed by atoms with Gasteiger partial charge in [0.05, 0.1) is 19.9 Å². The summed E-state index contributed by atoms with van der Waals surface area (Å²) < 4.78 is 21.9. The number of carbonyl (C=O) groups excluding carboxylic acids is 3. The molecule has 2 aromatic carbocycles. The van der Waals surface area contributed by atoms with E-state index in [9.17, 15) is 14.4 Å². The van der Waals surface area contributed by atoms with Gasteiger partial charge in [-0.3, -0.25) is 19.8 Å². The zero-order valence-corrected chi connectivity index (χ0v) is 21.5. The van der Waals surface area contributed by atoms with Crippen molar-refractivity contribution in [3.63, 3.8) is 0 Å². The average Bonchev–Trinajstić information content (AvgIpc) is 3.34. The Labute approximate surface area is 219 Å². The van der Waals surface area contributed by atoms with Gasteiger partial charge in [0.25, 0.3) is 11.8 Å². The molecule has 0 atom stereocenters. The van der Waals surface area contributed by atoms with E-state index in [1.54, 1.807) is 42.5 Å². The number of rotatable bonds is 7. The second-order valence-corrected chi connectivity index (χ2v) is 8.70. The first kappa shape index (κ1) is 25.1. The van der Waals surface area contributed by atoms with Gasteiger partial charge in [0.1, 0.15) is 17.9 Å². The van der Waals surface area contributed by atoms with Crippen molar-refractivity contribution in [2.24, 2.45) is 0 Å². The number of anilines is 1. The van der Waals surface area contributed by atoms with Gasteiger partial charge in [-0.15, -0.1) is 0 Å². The lowest BCUT2D eigenvalue weighted by molar-refractivity contribution is -0.122. The minimum Gasteiger partial charge on any atom is -0.493 e. The molecule has 0 spiro atoms. The topological polar surface area (TPSA) is 107 Å². The van der Waals surface area contributed by atoms with Gasteiger partial charge >= 0.3 is 5.97 Å². The highest BCUT2D eigenvalue weighted by molar-refractivity contribution is 9.10. The number of furan rings is 1. The van der Waals surface area contributed by atoms with Gasteiger partial charge in [0.2, 0.25) is 5.76 Å². The highest BCUT2D eigenvalue weighted by Crippen LogP contribution is 2.31. The molecule has 3 aromatic rings. The molecule has 2 amide bonds. The predicted octanol–water partition coefficient (Wildman–Crippen LogP) is 4.25. The highest BCUT2D eigenvalue weighted by atomic mass is 79.9. The van der Waals surface area contributed by atoms with Crippen molar-refractivity contribution in [2.45, 2.75) is 6.61 Å². The van der Waals surface area contributed by atoms with Crippen LogP contribution in [-0.4, -0.2) is 37.1 Å². The van der Waals surface area contributed by atoms with Crippen molar-refractivity contribution < 1.29 is 33.0 Å². The molecule has 36 heavy (non-hydrogen) atoms. The minimum atomic E-state index is -0.602. The maximum absolute atomic E-state index is 13.2. The van der Waals surface area contributed by atoms with Gasteiger partial charge in [-0.05, 0) is 66.3 Å². The summed E-state index contributed by atoms with van der Waals surface area (Å²) in [7, 11) is 2.73. The van der Waals surface area contributed by atoms with Crippen LogP contribution in [0.1, 0.15) is 21.9 Å². The third-order valence-corrected chi connectivity index (χ3v) is 5.86. The maximum atomic E-state index is 13.2. The summed E-state index contributed by atoms with van der Waals surface area (Å²) in [4.78, 5) is 38.6. The Bertz CT molecular complexity index is 1400. The number of thiocarbonyl (C=S) groups is 1. The van der Waals surface area contributed by atoms with Crippen LogP contribution in [0.25, 0.3) is 6.08 Å². The molecule has 0 aliphatic carbocycles. The molecular formula is C25H19BrN2O7S. The quantitative estimate of drug-likeness (QED) is 0.194. The third kappa shape index (κ3) is 5.31. The Morgan fingerprint density at radius 3 is 2.64 bits per heavy atom. The Morgan fingerprint density at radius 2 is 1.92 bits per heavy atom. The second kappa shape index (κ2) is 10.8. The van der Waals surface area contributed by atoms with E-state index in [0.717, 1.165) is 4.47 Å². The smallest absolute Gasteiger partial charge is 0.373 e. The summed E-state index contributed by atoms with van der Waals surface area (Å²) in [5.74, 6) is -0.500. The molecule has 9 nitrogen and oxygen atoms in total. The number of halogens is 1. The summed E-state index contributed by atoms with van der Waals surface area (Å²) in [5.41, 5.74) is 0.954. The lowest BCUT2D eigenvalue weighted by Gasteiger charge is -2.29. The van der Waals surface area contributed by atoms with Crippen LogP contribution in [-0.2, 0) is 20.9 Å². The van der Waals surface area contributed by atoms with E-state index < -0.39 is 17.8 Å². The van der Waals surface area contributed by atoms with Crippen LogP contribution in [0.15, 0.2) is 69.1 Å². The number of hydrogen-bond acceptors (Lipinski definition) is 8. The summed E-state index contributed by atoms with van der Waals surface area (Å²) in [6.45, 7) is 0.0354. The molecule has 0 bridgehead atoms. The summed E-state index contributed by atoms with van der Waals surface area (Å²) >= 11 is 8.61. The van der Waals surface area contributed by atoms with E-state index in [1.165, 1.54) is 31.3 Å². The molecular weight excluding hydrogens is 552 g/mol. The lowest BCUT2D eigenvalue weighted by atomic mass is 10.1. The highest BCUT2D eigenvalue weighted by Gasteiger charge is 2.34. The molecule has 2 heterocycles. The molecule has 0 saturated carbocycles. The molecule has 4 rings (SSSR count). The van der Waals surface area contributed by atoms with E-state index in [4.69, 9.17) is 26.1 Å². The molecule has 1 saturated heterocycles. The standard InChI is InChI=1S/C25H19BrN2O7S/c1-32-21-11-14(6-8-19(21)34-13-17-7-9-20(35-17)24(31)33-2)10-18-22(29)27-25(36)28(23(18)30)16-5-3-4-15(26)12-16/h3-12H,13H2,1-2H3,(H,27,29,36). The van der Waals surface area contributed by atoms with Gasteiger partial charge in [-0.25, -0.2) is 4.79 Å². The molecule has 1 N–H and O–H groups in total.